The second kappa shape index (κ2) is 7.19. The number of piperidine rings is 1. The maximum Gasteiger partial charge on any atom is 0.271 e. The Hall–Kier alpha value is -1.69. The van der Waals surface area contributed by atoms with E-state index in [4.69, 9.17) is 0 Å². The lowest BCUT2D eigenvalue weighted by Crippen LogP contribution is -2.42. The lowest BCUT2D eigenvalue weighted by Gasteiger charge is -2.32. The summed E-state index contributed by atoms with van der Waals surface area (Å²) in [6, 6.07) is 4.23. The first-order chi connectivity index (χ1) is 9.74. The Bertz CT molecular complexity index is 426. The molecule has 0 saturated carbocycles. The molecule has 0 spiro atoms. The molecule has 0 aromatic carbocycles. The zero-order valence-corrected chi connectivity index (χ0v) is 12.2. The van der Waals surface area contributed by atoms with Crippen LogP contribution >= 0.6 is 0 Å². The van der Waals surface area contributed by atoms with Crippen LogP contribution in [0.25, 0.3) is 0 Å². The third-order valence-corrected chi connectivity index (χ3v) is 3.53. The highest BCUT2D eigenvalue weighted by molar-refractivity contribution is 5.92. The number of nitrogens with one attached hydrogen (secondary N) is 2. The molecule has 6 nitrogen and oxygen atoms in total. The summed E-state index contributed by atoms with van der Waals surface area (Å²) in [6.45, 7) is 7.59. The molecule has 1 amide bonds. The number of amides is 1. The Morgan fingerprint density at radius 3 is 2.55 bits per heavy atom. The smallest absolute Gasteiger partial charge is 0.271 e. The van der Waals surface area contributed by atoms with Crippen molar-refractivity contribution in [3.8, 4) is 0 Å². The molecule has 2 rings (SSSR count). The molecule has 0 aliphatic carbocycles. The van der Waals surface area contributed by atoms with Gasteiger partial charge in [-0.05, 0) is 38.4 Å². The van der Waals surface area contributed by atoms with Crippen LogP contribution in [0.2, 0.25) is 0 Å². The molecule has 2 heterocycles. The minimum Gasteiger partial charge on any atom is -0.355 e. The molecule has 0 unspecified atom stereocenters. The van der Waals surface area contributed by atoms with E-state index in [1.165, 1.54) is 0 Å². The fraction of sp³-hybridized carbons (Fsp3) is 0.643. The number of hydrogen-bond donors (Lipinski definition) is 2. The van der Waals surface area contributed by atoms with Crippen molar-refractivity contribution in [2.24, 2.45) is 0 Å². The minimum absolute atomic E-state index is 0.169. The zero-order chi connectivity index (χ0) is 14.4. The lowest BCUT2D eigenvalue weighted by atomic mass is 10.1. The third-order valence-electron chi connectivity index (χ3n) is 3.53. The summed E-state index contributed by atoms with van der Waals surface area (Å²) in [6.07, 6.45) is 2.24. The molecule has 110 valence electrons. The summed E-state index contributed by atoms with van der Waals surface area (Å²) in [5, 5.41) is 14.4. The van der Waals surface area contributed by atoms with Crippen LogP contribution < -0.4 is 15.5 Å². The summed E-state index contributed by atoms with van der Waals surface area (Å²) < 4.78 is 0. The average molecular weight is 277 g/mol. The molecule has 0 atom stereocenters. The average Bonchev–Trinajstić information content (AvgIpc) is 2.49. The van der Waals surface area contributed by atoms with Gasteiger partial charge in [0.25, 0.3) is 5.91 Å². The first-order valence-corrected chi connectivity index (χ1v) is 7.34. The first kappa shape index (κ1) is 14.7. The molecule has 20 heavy (non-hydrogen) atoms. The van der Waals surface area contributed by atoms with Crippen LogP contribution in [0.5, 0.6) is 0 Å². The van der Waals surface area contributed by atoms with Gasteiger partial charge < -0.3 is 15.5 Å². The zero-order valence-electron chi connectivity index (χ0n) is 12.2. The lowest BCUT2D eigenvalue weighted by molar-refractivity contribution is 0.0950. The number of nitrogens with zero attached hydrogens (tertiary/aromatic N) is 3. The summed E-state index contributed by atoms with van der Waals surface area (Å²) in [5.41, 5.74) is 0.373. The minimum atomic E-state index is -0.169. The number of carbonyl (C=O) groups is 1. The molecule has 1 fully saturated rings. The maximum atomic E-state index is 11.6. The first-order valence-electron chi connectivity index (χ1n) is 7.34. The fourth-order valence-electron chi connectivity index (χ4n) is 2.47. The van der Waals surface area contributed by atoms with Gasteiger partial charge in [-0.2, -0.15) is 0 Å². The Labute approximate surface area is 120 Å². The van der Waals surface area contributed by atoms with E-state index in [1.54, 1.807) is 6.07 Å². The van der Waals surface area contributed by atoms with Gasteiger partial charge >= 0.3 is 0 Å². The predicted molar refractivity (Wildman–Crippen MR) is 79.0 cm³/mol. The molecule has 2 N–H and O–H groups in total. The van der Waals surface area contributed by atoms with Crippen LogP contribution in [0.4, 0.5) is 5.82 Å². The van der Waals surface area contributed by atoms with Crippen molar-refractivity contribution in [1.29, 1.82) is 0 Å². The predicted octanol–water partition coefficient (Wildman–Crippen LogP) is 0.805. The number of hydrogen-bond acceptors (Lipinski definition) is 5. The van der Waals surface area contributed by atoms with Crippen LogP contribution in [0.3, 0.4) is 0 Å². The van der Waals surface area contributed by atoms with Gasteiger partial charge in [-0.25, -0.2) is 0 Å². The van der Waals surface area contributed by atoms with E-state index in [9.17, 15) is 4.79 Å². The Balaban J connectivity index is 1.92. The highest BCUT2D eigenvalue weighted by Gasteiger charge is 2.19. The van der Waals surface area contributed by atoms with Gasteiger partial charge in [0.1, 0.15) is 0 Å². The Kier molecular flexibility index (Phi) is 5.29. The van der Waals surface area contributed by atoms with Crippen molar-refractivity contribution >= 4 is 11.7 Å². The Morgan fingerprint density at radius 1 is 1.25 bits per heavy atom. The van der Waals surface area contributed by atoms with Gasteiger partial charge in [-0.1, -0.05) is 6.92 Å². The van der Waals surface area contributed by atoms with E-state index >= 15 is 0 Å². The monoisotopic (exact) mass is 277 g/mol. The Morgan fingerprint density at radius 2 is 2.00 bits per heavy atom. The van der Waals surface area contributed by atoms with Gasteiger partial charge in [0.05, 0.1) is 0 Å². The summed E-state index contributed by atoms with van der Waals surface area (Å²) >= 11 is 0. The molecule has 1 aromatic heterocycles. The van der Waals surface area contributed by atoms with Crippen LogP contribution in [-0.2, 0) is 0 Å². The standard InChI is InChI=1S/C14H23N5O/c1-3-15-11-7-9-19(10-8-11)13-6-5-12(17-18-13)14(20)16-4-2/h5-6,11,15H,3-4,7-10H2,1-2H3,(H,16,20). The maximum absolute atomic E-state index is 11.6. The van der Waals surface area contributed by atoms with Crippen molar-refractivity contribution in [3.05, 3.63) is 17.8 Å². The van der Waals surface area contributed by atoms with Crippen LogP contribution in [-0.4, -0.2) is 48.3 Å². The highest BCUT2D eigenvalue weighted by Crippen LogP contribution is 2.17. The number of rotatable bonds is 5. The topological polar surface area (TPSA) is 70.2 Å². The van der Waals surface area contributed by atoms with Crippen molar-refractivity contribution in [2.75, 3.05) is 31.1 Å². The van der Waals surface area contributed by atoms with Crippen molar-refractivity contribution in [2.45, 2.75) is 32.7 Å². The quantitative estimate of drug-likeness (QED) is 0.833. The number of aromatic nitrogens is 2. The molecule has 1 saturated heterocycles. The third kappa shape index (κ3) is 3.66. The second-order valence-corrected chi connectivity index (χ2v) is 4.96. The van der Waals surface area contributed by atoms with Crippen molar-refractivity contribution < 1.29 is 4.79 Å². The largest absolute Gasteiger partial charge is 0.355 e. The van der Waals surface area contributed by atoms with Crippen LogP contribution in [0.15, 0.2) is 12.1 Å². The molecule has 1 aromatic rings. The summed E-state index contributed by atoms with van der Waals surface area (Å²) in [4.78, 5) is 13.8. The van der Waals surface area contributed by atoms with Gasteiger partial charge in [-0.15, -0.1) is 10.2 Å². The van der Waals surface area contributed by atoms with Gasteiger partial charge in [0.15, 0.2) is 11.5 Å². The van der Waals surface area contributed by atoms with E-state index in [-0.39, 0.29) is 5.91 Å². The highest BCUT2D eigenvalue weighted by atomic mass is 16.1. The van der Waals surface area contributed by atoms with Crippen molar-refractivity contribution in [3.63, 3.8) is 0 Å². The van der Waals surface area contributed by atoms with Gasteiger partial charge in [0.2, 0.25) is 0 Å². The molecular weight excluding hydrogens is 254 g/mol. The number of anilines is 1. The molecule has 1 aliphatic rings. The van der Waals surface area contributed by atoms with Gasteiger partial charge in [0, 0.05) is 25.7 Å². The van der Waals surface area contributed by atoms with E-state index in [1.807, 2.05) is 13.0 Å². The molecular formula is C14H23N5O. The summed E-state index contributed by atoms with van der Waals surface area (Å²) in [5.74, 6) is 0.686. The number of carbonyl (C=O) groups excluding carboxylic acids is 1. The van der Waals surface area contributed by atoms with Crippen molar-refractivity contribution in [1.82, 2.24) is 20.8 Å². The van der Waals surface area contributed by atoms with Crippen LogP contribution in [0, 0.1) is 0 Å². The normalized spacial score (nSPS) is 16.2. The summed E-state index contributed by atoms with van der Waals surface area (Å²) in [7, 11) is 0. The SMILES string of the molecule is CCNC(=O)c1ccc(N2CCC(NCC)CC2)nn1. The van der Waals surface area contributed by atoms with E-state index < -0.39 is 0 Å². The fourth-order valence-corrected chi connectivity index (χ4v) is 2.47. The van der Waals surface area contributed by atoms with E-state index in [2.05, 4.69) is 32.7 Å². The molecule has 0 radical (unpaired) electrons. The second-order valence-electron chi connectivity index (χ2n) is 4.96. The molecule has 6 heteroatoms. The van der Waals surface area contributed by atoms with E-state index in [0.717, 1.165) is 38.3 Å². The molecule has 0 bridgehead atoms. The van der Waals surface area contributed by atoms with Crippen LogP contribution in [0.1, 0.15) is 37.2 Å². The van der Waals surface area contributed by atoms with Gasteiger partial charge in [-0.3, -0.25) is 4.79 Å². The molecule has 1 aliphatic heterocycles. The van der Waals surface area contributed by atoms with E-state index in [0.29, 0.717) is 18.3 Å².